The van der Waals surface area contributed by atoms with E-state index in [1.165, 1.54) is 83.5 Å². The van der Waals surface area contributed by atoms with Gasteiger partial charge in [0.2, 0.25) is 0 Å². The Morgan fingerprint density at radius 3 is 0.886 bits per heavy atom. The van der Waals surface area contributed by atoms with E-state index in [1.807, 2.05) is 0 Å². The van der Waals surface area contributed by atoms with Crippen molar-refractivity contribution in [3.63, 3.8) is 0 Å². The lowest BCUT2D eigenvalue weighted by Crippen LogP contribution is -2.30. The smallest absolute Gasteiger partial charge is 0.306 e. The number of hydrogen-bond donors (Lipinski definition) is 0. The maximum absolute atomic E-state index is 12.9. The van der Waals surface area contributed by atoms with Crippen LogP contribution in [0.25, 0.3) is 0 Å². The second kappa shape index (κ2) is 57.6. The molecule has 0 fully saturated rings. The maximum Gasteiger partial charge on any atom is 0.306 e. The Kier molecular flexibility index (Phi) is 54.4. The molecule has 0 spiro atoms. The van der Waals surface area contributed by atoms with E-state index in [4.69, 9.17) is 14.2 Å². The number of allylic oxidation sites excluding steroid dienone is 18. The highest BCUT2D eigenvalue weighted by Gasteiger charge is 2.19. The predicted octanol–water partition coefficient (Wildman–Crippen LogP) is 19.5. The van der Waals surface area contributed by atoms with Gasteiger partial charge in [0.15, 0.2) is 6.10 Å². The van der Waals surface area contributed by atoms with Crippen molar-refractivity contribution in [3.8, 4) is 0 Å². The van der Waals surface area contributed by atoms with Gasteiger partial charge in [-0.25, -0.2) is 0 Å². The third-order valence-corrected chi connectivity index (χ3v) is 12.0. The highest BCUT2D eigenvalue weighted by atomic mass is 16.6. The van der Waals surface area contributed by atoms with Gasteiger partial charge in [-0.1, -0.05) is 246 Å². The number of carbonyl (C=O) groups excluding carboxylic acids is 3. The SMILES string of the molecule is CC/C=C\C/C=C\C/C=C\C/C=C\C/C=C\CCCCCC(=O)OCC(COC(=O)CCCCCCCCCCCCCCCC)OC(=O)CCCCCCCC/C=C\C/C=C\C/C=C\C/C=C\CC. The average Bonchev–Trinajstić information content (AvgIpc) is 3.36. The standard InChI is InChI=1S/C64H106O6/c1-4-7-10-13-16-19-22-25-28-30-32-34-36-39-42-45-48-51-54-57-63(66)69-60-61(59-68-62(65)56-53-50-47-44-41-38-27-24-21-18-15-12-9-6-3)70-64(67)58-55-52-49-46-43-40-37-35-33-31-29-26-23-20-17-14-11-8-5-2/h7-8,10-11,16-17,19-20,25-26,28-29,32-35,39,42,61H,4-6,9,12-15,18,21-24,27,30-31,36-38,40-41,43-60H2,1-3H3/b10-7-,11-8-,19-16-,20-17-,28-25-,29-26-,34-32-,35-33-,42-39-. The van der Waals surface area contributed by atoms with Crippen molar-refractivity contribution in [2.24, 2.45) is 0 Å². The molecule has 0 aliphatic rings. The first-order valence-electron chi connectivity index (χ1n) is 28.9. The maximum atomic E-state index is 12.9. The van der Waals surface area contributed by atoms with Crippen molar-refractivity contribution >= 4 is 17.9 Å². The molecule has 1 atom stereocenters. The number of ether oxygens (including phenoxy) is 3. The molecule has 6 nitrogen and oxygen atoms in total. The van der Waals surface area contributed by atoms with Gasteiger partial charge in [-0.15, -0.1) is 0 Å². The summed E-state index contributed by atoms with van der Waals surface area (Å²) in [6.45, 7) is 6.38. The summed E-state index contributed by atoms with van der Waals surface area (Å²) in [4.78, 5) is 38.2. The van der Waals surface area contributed by atoms with Crippen LogP contribution < -0.4 is 0 Å². The Labute approximate surface area is 431 Å². The van der Waals surface area contributed by atoms with E-state index in [0.717, 1.165) is 135 Å². The normalized spacial score (nSPS) is 12.9. The summed E-state index contributed by atoms with van der Waals surface area (Å²) in [6.07, 6.45) is 77.9. The van der Waals surface area contributed by atoms with E-state index in [9.17, 15) is 14.4 Å². The molecular formula is C64H106O6. The molecule has 0 rings (SSSR count). The number of esters is 3. The van der Waals surface area contributed by atoms with Gasteiger partial charge in [0.1, 0.15) is 13.2 Å². The molecule has 0 saturated heterocycles. The molecule has 0 amide bonds. The van der Waals surface area contributed by atoms with E-state index in [1.54, 1.807) is 0 Å². The van der Waals surface area contributed by atoms with Crippen LogP contribution in [0.1, 0.15) is 258 Å². The Morgan fingerprint density at radius 1 is 0.300 bits per heavy atom. The molecule has 0 N–H and O–H groups in total. The van der Waals surface area contributed by atoms with E-state index in [-0.39, 0.29) is 31.1 Å². The molecule has 0 bridgehead atoms. The Bertz CT molecular complexity index is 1440. The van der Waals surface area contributed by atoms with Crippen LogP contribution in [0.3, 0.4) is 0 Å². The summed E-state index contributed by atoms with van der Waals surface area (Å²) < 4.78 is 16.8. The fourth-order valence-corrected chi connectivity index (χ4v) is 7.75. The molecule has 0 aromatic carbocycles. The van der Waals surface area contributed by atoms with Gasteiger partial charge in [0, 0.05) is 19.3 Å². The van der Waals surface area contributed by atoms with Crippen LogP contribution in [-0.4, -0.2) is 37.2 Å². The molecule has 0 aromatic heterocycles. The molecule has 1 unspecified atom stereocenters. The first-order chi connectivity index (χ1) is 34.5. The number of carbonyl (C=O) groups is 3. The molecule has 6 heteroatoms. The molecule has 0 aliphatic heterocycles. The van der Waals surface area contributed by atoms with Gasteiger partial charge in [0.25, 0.3) is 0 Å². The zero-order valence-electron chi connectivity index (χ0n) is 45.5. The third kappa shape index (κ3) is 55.0. The molecule has 0 aliphatic carbocycles. The van der Waals surface area contributed by atoms with Gasteiger partial charge in [-0.05, 0) is 103 Å². The van der Waals surface area contributed by atoms with Crippen LogP contribution >= 0.6 is 0 Å². The van der Waals surface area contributed by atoms with Crippen molar-refractivity contribution in [2.45, 2.75) is 264 Å². The zero-order valence-corrected chi connectivity index (χ0v) is 45.5. The predicted molar refractivity (Wildman–Crippen MR) is 302 cm³/mol. The molecule has 0 saturated carbocycles. The van der Waals surface area contributed by atoms with Crippen LogP contribution in [-0.2, 0) is 28.6 Å². The fraction of sp³-hybridized carbons (Fsp3) is 0.672. The number of rotatable bonds is 51. The second-order valence-electron chi connectivity index (χ2n) is 18.8. The highest BCUT2D eigenvalue weighted by molar-refractivity contribution is 5.71. The minimum absolute atomic E-state index is 0.0943. The summed E-state index contributed by atoms with van der Waals surface area (Å²) >= 11 is 0. The van der Waals surface area contributed by atoms with Crippen molar-refractivity contribution < 1.29 is 28.6 Å². The van der Waals surface area contributed by atoms with E-state index in [2.05, 4.69) is 130 Å². The van der Waals surface area contributed by atoms with Crippen LogP contribution in [0.5, 0.6) is 0 Å². The lowest BCUT2D eigenvalue weighted by molar-refractivity contribution is -0.167. The monoisotopic (exact) mass is 971 g/mol. The van der Waals surface area contributed by atoms with E-state index < -0.39 is 6.10 Å². The number of hydrogen-bond acceptors (Lipinski definition) is 6. The fourth-order valence-electron chi connectivity index (χ4n) is 7.75. The summed E-state index contributed by atoms with van der Waals surface area (Å²) in [5.41, 5.74) is 0. The van der Waals surface area contributed by atoms with E-state index in [0.29, 0.717) is 19.3 Å². The van der Waals surface area contributed by atoms with Crippen LogP contribution in [0, 0.1) is 0 Å². The zero-order chi connectivity index (χ0) is 50.7. The molecule has 70 heavy (non-hydrogen) atoms. The Balaban J connectivity index is 4.48. The van der Waals surface area contributed by atoms with Crippen molar-refractivity contribution in [3.05, 3.63) is 109 Å². The summed E-state index contributed by atoms with van der Waals surface area (Å²) in [5.74, 6) is -0.939. The van der Waals surface area contributed by atoms with Crippen molar-refractivity contribution in [2.75, 3.05) is 13.2 Å². The topological polar surface area (TPSA) is 78.9 Å². The van der Waals surface area contributed by atoms with Gasteiger partial charge in [-0.2, -0.15) is 0 Å². The minimum atomic E-state index is -0.801. The van der Waals surface area contributed by atoms with Crippen LogP contribution in [0.15, 0.2) is 109 Å². The Hall–Kier alpha value is -3.93. The van der Waals surface area contributed by atoms with Crippen LogP contribution in [0.4, 0.5) is 0 Å². The molecule has 398 valence electrons. The third-order valence-electron chi connectivity index (χ3n) is 12.0. The minimum Gasteiger partial charge on any atom is -0.462 e. The first-order valence-corrected chi connectivity index (χ1v) is 28.9. The summed E-state index contributed by atoms with van der Waals surface area (Å²) in [6, 6.07) is 0. The summed E-state index contributed by atoms with van der Waals surface area (Å²) in [7, 11) is 0. The molecule has 0 radical (unpaired) electrons. The number of unbranched alkanes of at least 4 members (excludes halogenated alkanes) is 22. The van der Waals surface area contributed by atoms with Crippen molar-refractivity contribution in [1.29, 1.82) is 0 Å². The second-order valence-corrected chi connectivity index (χ2v) is 18.8. The highest BCUT2D eigenvalue weighted by Crippen LogP contribution is 2.15. The summed E-state index contributed by atoms with van der Waals surface area (Å²) in [5, 5.41) is 0. The molecule has 0 heterocycles. The van der Waals surface area contributed by atoms with Gasteiger partial charge in [0.05, 0.1) is 0 Å². The quantitative estimate of drug-likeness (QED) is 0.0262. The molecular weight excluding hydrogens is 865 g/mol. The molecule has 0 aromatic rings. The van der Waals surface area contributed by atoms with Gasteiger partial charge >= 0.3 is 17.9 Å². The lowest BCUT2D eigenvalue weighted by atomic mass is 10.0. The van der Waals surface area contributed by atoms with E-state index >= 15 is 0 Å². The largest absolute Gasteiger partial charge is 0.462 e. The van der Waals surface area contributed by atoms with Gasteiger partial charge < -0.3 is 14.2 Å². The van der Waals surface area contributed by atoms with Crippen LogP contribution in [0.2, 0.25) is 0 Å². The average molecular weight is 972 g/mol. The first kappa shape index (κ1) is 66.1. The van der Waals surface area contributed by atoms with Gasteiger partial charge in [-0.3, -0.25) is 14.4 Å². The lowest BCUT2D eigenvalue weighted by Gasteiger charge is -2.18. The Morgan fingerprint density at radius 2 is 0.557 bits per heavy atom. The van der Waals surface area contributed by atoms with Crippen molar-refractivity contribution in [1.82, 2.24) is 0 Å².